The molecular weight excluding hydrogens is 226 g/mol. The summed E-state index contributed by atoms with van der Waals surface area (Å²) in [6.45, 7) is 5.26. The number of carbonyl (C=O) groups is 1. The minimum Gasteiger partial charge on any atom is -0.392 e. The molecule has 1 aliphatic heterocycles. The Morgan fingerprint density at radius 2 is 2.00 bits per heavy atom. The first-order chi connectivity index (χ1) is 8.59. The van der Waals surface area contributed by atoms with E-state index in [1.165, 1.54) is 0 Å². The maximum absolute atomic E-state index is 12.4. The Labute approximate surface area is 108 Å². The van der Waals surface area contributed by atoms with Crippen LogP contribution in [0.25, 0.3) is 0 Å². The third kappa shape index (κ3) is 2.79. The van der Waals surface area contributed by atoms with Gasteiger partial charge in [-0.25, -0.2) is 0 Å². The van der Waals surface area contributed by atoms with Crippen molar-refractivity contribution in [1.29, 1.82) is 0 Å². The van der Waals surface area contributed by atoms with Gasteiger partial charge >= 0.3 is 0 Å². The van der Waals surface area contributed by atoms with Crippen molar-refractivity contribution in [2.75, 3.05) is 13.1 Å². The van der Waals surface area contributed by atoms with Crippen LogP contribution in [0, 0.1) is 5.92 Å². The quantitative estimate of drug-likeness (QED) is 0.885. The maximum Gasteiger partial charge on any atom is 0.157 e. The summed E-state index contributed by atoms with van der Waals surface area (Å²) in [6.07, 6.45) is 0.463. The van der Waals surface area contributed by atoms with Crippen molar-refractivity contribution < 1.29 is 9.90 Å². The molecule has 1 aromatic carbocycles. The van der Waals surface area contributed by atoms with E-state index in [0.29, 0.717) is 6.54 Å². The molecule has 1 unspecified atom stereocenters. The molecule has 3 heteroatoms. The highest BCUT2D eigenvalue weighted by atomic mass is 16.3. The number of hydrogen-bond acceptors (Lipinski definition) is 3. The normalized spacial score (nSPS) is 22.3. The molecule has 18 heavy (non-hydrogen) atoms. The van der Waals surface area contributed by atoms with Gasteiger partial charge in [0.1, 0.15) is 0 Å². The average Bonchev–Trinajstić information content (AvgIpc) is 2.77. The Morgan fingerprint density at radius 3 is 2.50 bits per heavy atom. The van der Waals surface area contributed by atoms with Crippen LogP contribution in [0.4, 0.5) is 0 Å². The fourth-order valence-electron chi connectivity index (χ4n) is 2.51. The van der Waals surface area contributed by atoms with Crippen LogP contribution in [0.3, 0.4) is 0 Å². The van der Waals surface area contributed by atoms with Gasteiger partial charge in [0.25, 0.3) is 0 Å². The summed E-state index contributed by atoms with van der Waals surface area (Å²) in [4.78, 5) is 14.5. The Hall–Kier alpha value is -1.19. The Kier molecular flexibility index (Phi) is 4.15. The molecule has 0 bridgehead atoms. The zero-order valence-electron chi connectivity index (χ0n) is 11.0. The van der Waals surface area contributed by atoms with Crippen molar-refractivity contribution in [2.45, 2.75) is 32.4 Å². The molecule has 2 atom stereocenters. The lowest BCUT2D eigenvalue weighted by atomic mass is 9.94. The molecule has 1 fully saturated rings. The highest BCUT2D eigenvalue weighted by molar-refractivity contribution is 5.87. The zero-order valence-corrected chi connectivity index (χ0v) is 11.0. The predicted molar refractivity (Wildman–Crippen MR) is 71.2 cm³/mol. The van der Waals surface area contributed by atoms with E-state index >= 15 is 0 Å². The minimum absolute atomic E-state index is 0.00736. The summed E-state index contributed by atoms with van der Waals surface area (Å²) in [5, 5.41) is 9.66. The number of hydrogen-bond donors (Lipinski definition) is 1. The molecular formula is C15H21NO2. The summed E-state index contributed by atoms with van der Waals surface area (Å²) < 4.78 is 0. The first-order valence-electron chi connectivity index (χ1n) is 6.60. The summed E-state index contributed by atoms with van der Waals surface area (Å²) >= 11 is 0. The van der Waals surface area contributed by atoms with Crippen LogP contribution in [0.5, 0.6) is 0 Å². The van der Waals surface area contributed by atoms with Crippen LogP contribution in [-0.2, 0) is 4.79 Å². The Morgan fingerprint density at radius 1 is 1.33 bits per heavy atom. The number of rotatable bonds is 4. The van der Waals surface area contributed by atoms with Crippen molar-refractivity contribution in [3.05, 3.63) is 35.9 Å². The zero-order chi connectivity index (χ0) is 13.1. The fourth-order valence-corrected chi connectivity index (χ4v) is 2.51. The molecule has 0 aliphatic carbocycles. The maximum atomic E-state index is 12.4. The number of nitrogens with zero attached hydrogens (tertiary/aromatic N) is 1. The highest BCUT2D eigenvalue weighted by Crippen LogP contribution is 2.28. The van der Waals surface area contributed by atoms with Gasteiger partial charge in [-0.05, 0) is 12.0 Å². The lowest BCUT2D eigenvalue weighted by Gasteiger charge is -2.28. The van der Waals surface area contributed by atoms with Crippen LogP contribution in [0.2, 0.25) is 0 Å². The van der Waals surface area contributed by atoms with Gasteiger partial charge in [-0.3, -0.25) is 9.69 Å². The van der Waals surface area contributed by atoms with Crippen LogP contribution < -0.4 is 0 Å². The van der Waals surface area contributed by atoms with Gasteiger partial charge in [0, 0.05) is 19.0 Å². The Balaban J connectivity index is 2.26. The number of benzene rings is 1. The van der Waals surface area contributed by atoms with E-state index < -0.39 is 0 Å². The lowest BCUT2D eigenvalue weighted by molar-refractivity contribution is -0.127. The number of ketones is 1. The molecule has 0 saturated carbocycles. The van der Waals surface area contributed by atoms with Gasteiger partial charge in [0.15, 0.2) is 5.78 Å². The van der Waals surface area contributed by atoms with Crippen LogP contribution in [0.15, 0.2) is 30.3 Å². The summed E-state index contributed by atoms with van der Waals surface area (Å²) in [7, 11) is 0. The number of likely N-dealkylation sites (tertiary alicyclic amines) is 1. The second-order valence-electron chi connectivity index (χ2n) is 5.31. The third-order valence-electron chi connectivity index (χ3n) is 3.51. The van der Waals surface area contributed by atoms with Gasteiger partial charge < -0.3 is 5.11 Å². The summed E-state index contributed by atoms with van der Waals surface area (Å²) in [5.74, 6) is 0.239. The number of Topliss-reactive ketones (excluding diaryl/α,β-unsaturated/α-hetero) is 1. The molecule has 1 N–H and O–H groups in total. The fraction of sp³-hybridized carbons (Fsp3) is 0.533. The monoisotopic (exact) mass is 247 g/mol. The standard InChI is InChI=1S/C15H21NO2/c1-11(2)15(18)14(12-6-4-3-5-7-12)16-9-8-13(17)10-16/h3-7,11,13-14,17H,8-10H2,1-2H3/t13-,14?/m1/s1. The smallest absolute Gasteiger partial charge is 0.157 e. The average molecular weight is 247 g/mol. The number of carbonyl (C=O) groups excluding carboxylic acids is 1. The summed E-state index contributed by atoms with van der Waals surface area (Å²) in [6, 6.07) is 9.67. The topological polar surface area (TPSA) is 40.5 Å². The first-order valence-corrected chi connectivity index (χ1v) is 6.60. The van der Waals surface area contributed by atoms with E-state index in [1.807, 2.05) is 44.2 Å². The largest absolute Gasteiger partial charge is 0.392 e. The molecule has 1 aromatic rings. The van der Waals surface area contributed by atoms with Crippen molar-refractivity contribution in [3.8, 4) is 0 Å². The molecule has 0 aromatic heterocycles. The second kappa shape index (κ2) is 5.63. The number of aliphatic hydroxyl groups excluding tert-OH is 1. The summed E-state index contributed by atoms with van der Waals surface area (Å²) in [5.41, 5.74) is 1.03. The van der Waals surface area contributed by atoms with Crippen LogP contribution >= 0.6 is 0 Å². The molecule has 0 radical (unpaired) electrons. The molecule has 1 aliphatic rings. The Bertz CT molecular complexity index is 402. The molecule has 0 amide bonds. The van der Waals surface area contributed by atoms with E-state index in [-0.39, 0.29) is 23.8 Å². The van der Waals surface area contributed by atoms with E-state index in [2.05, 4.69) is 4.90 Å². The van der Waals surface area contributed by atoms with Crippen LogP contribution in [-0.4, -0.2) is 35.0 Å². The third-order valence-corrected chi connectivity index (χ3v) is 3.51. The SMILES string of the molecule is CC(C)C(=O)C(c1ccccc1)N1CC[C@@H](O)C1. The predicted octanol–water partition coefficient (Wildman–Crippen LogP) is 2.02. The minimum atomic E-state index is -0.295. The van der Waals surface area contributed by atoms with E-state index in [1.54, 1.807) is 0 Å². The van der Waals surface area contributed by atoms with Crippen molar-refractivity contribution in [3.63, 3.8) is 0 Å². The lowest BCUT2D eigenvalue weighted by Crippen LogP contribution is -2.35. The molecule has 1 heterocycles. The van der Waals surface area contributed by atoms with Gasteiger partial charge in [0.2, 0.25) is 0 Å². The van der Waals surface area contributed by atoms with E-state index in [9.17, 15) is 9.90 Å². The first kappa shape index (κ1) is 13.2. The van der Waals surface area contributed by atoms with Gasteiger partial charge in [-0.15, -0.1) is 0 Å². The molecule has 0 spiro atoms. The van der Waals surface area contributed by atoms with E-state index in [0.717, 1.165) is 18.5 Å². The van der Waals surface area contributed by atoms with Crippen molar-refractivity contribution >= 4 is 5.78 Å². The number of aliphatic hydroxyl groups is 1. The molecule has 2 rings (SSSR count). The van der Waals surface area contributed by atoms with Crippen molar-refractivity contribution in [2.24, 2.45) is 5.92 Å². The molecule has 3 nitrogen and oxygen atoms in total. The van der Waals surface area contributed by atoms with Crippen LogP contribution in [0.1, 0.15) is 31.9 Å². The van der Waals surface area contributed by atoms with Crippen molar-refractivity contribution in [1.82, 2.24) is 4.90 Å². The van der Waals surface area contributed by atoms with Gasteiger partial charge in [0.05, 0.1) is 12.1 Å². The van der Waals surface area contributed by atoms with E-state index in [4.69, 9.17) is 0 Å². The van der Waals surface area contributed by atoms with Gasteiger partial charge in [-0.2, -0.15) is 0 Å². The molecule has 98 valence electrons. The molecule has 1 saturated heterocycles. The number of β-amino-alcohol motifs (C(OH)–C–C–N with tert-alkyl or cyclic N) is 1. The second-order valence-corrected chi connectivity index (χ2v) is 5.31. The highest BCUT2D eigenvalue weighted by Gasteiger charge is 2.33. The van der Waals surface area contributed by atoms with Gasteiger partial charge in [-0.1, -0.05) is 44.2 Å².